The molecule has 2 heterocycles. The van der Waals surface area contributed by atoms with Crippen molar-refractivity contribution in [2.75, 3.05) is 32.4 Å². The number of halogens is 1. The lowest BCUT2D eigenvalue weighted by atomic mass is 10.3. The summed E-state index contributed by atoms with van der Waals surface area (Å²) >= 11 is 3.90. The minimum absolute atomic E-state index is 0. The van der Waals surface area contributed by atoms with Crippen LogP contribution in [0.4, 0.5) is 0 Å². The number of rotatable bonds is 5. The molecule has 138 valence electrons. The highest BCUT2D eigenvalue weighted by molar-refractivity contribution is 14.0. The SMILES string of the molecule is CCC1CN(C(=NC)NCCCc2nc3ccccc3s2)CCS1.I. The number of thiazole rings is 1. The van der Waals surface area contributed by atoms with E-state index in [1.807, 2.05) is 18.4 Å². The topological polar surface area (TPSA) is 40.5 Å². The van der Waals surface area contributed by atoms with E-state index in [2.05, 4.69) is 58.2 Å². The number of hydrogen-bond donors (Lipinski definition) is 1. The van der Waals surface area contributed by atoms with Gasteiger partial charge in [-0.15, -0.1) is 35.3 Å². The lowest BCUT2D eigenvalue weighted by Gasteiger charge is -2.34. The first kappa shape index (κ1) is 20.8. The van der Waals surface area contributed by atoms with Crippen LogP contribution in [0.1, 0.15) is 24.8 Å². The molecule has 1 aliphatic heterocycles. The molecule has 4 nitrogen and oxygen atoms in total. The highest BCUT2D eigenvalue weighted by Crippen LogP contribution is 2.22. The summed E-state index contributed by atoms with van der Waals surface area (Å²) in [5.41, 5.74) is 1.12. The third kappa shape index (κ3) is 5.72. The van der Waals surface area contributed by atoms with E-state index in [1.165, 1.54) is 21.9 Å². The van der Waals surface area contributed by atoms with Gasteiger partial charge in [0.05, 0.1) is 15.2 Å². The maximum Gasteiger partial charge on any atom is 0.193 e. The molecule has 1 aromatic carbocycles. The standard InChI is InChI=1S/C18H26N4S2.HI/c1-3-14-13-22(11-12-23-14)18(19-2)20-10-6-9-17-21-15-7-4-5-8-16(15)24-17;/h4-5,7-8,14H,3,6,9-13H2,1-2H3,(H,19,20);1H. The first-order valence-corrected chi connectivity index (χ1v) is 10.6. The van der Waals surface area contributed by atoms with Crippen molar-refractivity contribution in [1.29, 1.82) is 0 Å². The lowest BCUT2D eigenvalue weighted by Crippen LogP contribution is -2.48. The number of guanidine groups is 1. The number of nitrogens with zero attached hydrogens (tertiary/aromatic N) is 3. The van der Waals surface area contributed by atoms with Crippen LogP contribution in [0.2, 0.25) is 0 Å². The third-order valence-corrected chi connectivity index (χ3v) is 6.76. The maximum atomic E-state index is 4.71. The number of aliphatic imine (C=N–C) groups is 1. The molecule has 0 amide bonds. The average molecular weight is 490 g/mol. The minimum Gasteiger partial charge on any atom is -0.356 e. The molecule has 0 aliphatic carbocycles. The van der Waals surface area contributed by atoms with Gasteiger partial charge in [-0.25, -0.2) is 4.98 Å². The van der Waals surface area contributed by atoms with Gasteiger partial charge in [0.15, 0.2) is 5.96 Å². The van der Waals surface area contributed by atoms with Gasteiger partial charge in [0.2, 0.25) is 0 Å². The Morgan fingerprint density at radius 1 is 1.40 bits per heavy atom. The molecule has 2 aromatic rings. The largest absolute Gasteiger partial charge is 0.356 e. The number of aromatic nitrogens is 1. The Hall–Kier alpha value is -0.540. The number of benzene rings is 1. The van der Waals surface area contributed by atoms with Gasteiger partial charge in [-0.3, -0.25) is 4.99 Å². The highest BCUT2D eigenvalue weighted by atomic mass is 127. The van der Waals surface area contributed by atoms with Crippen molar-refractivity contribution in [3.05, 3.63) is 29.3 Å². The Balaban J connectivity index is 0.00000225. The van der Waals surface area contributed by atoms with Crippen molar-refractivity contribution in [2.24, 2.45) is 4.99 Å². The molecule has 0 radical (unpaired) electrons. The molecule has 1 aromatic heterocycles. The molecule has 0 saturated carbocycles. The fraction of sp³-hybridized carbons (Fsp3) is 0.556. The number of fused-ring (bicyclic) bond motifs is 1. The summed E-state index contributed by atoms with van der Waals surface area (Å²) in [6, 6.07) is 8.37. The molecular formula is C18H27IN4S2. The molecule has 1 saturated heterocycles. The van der Waals surface area contributed by atoms with Crippen molar-refractivity contribution >= 4 is 63.3 Å². The number of thioether (sulfide) groups is 1. The maximum absolute atomic E-state index is 4.71. The molecule has 25 heavy (non-hydrogen) atoms. The smallest absolute Gasteiger partial charge is 0.193 e. The first-order valence-electron chi connectivity index (χ1n) is 8.71. The Morgan fingerprint density at radius 3 is 3.00 bits per heavy atom. The van der Waals surface area contributed by atoms with Crippen LogP contribution in [0.5, 0.6) is 0 Å². The van der Waals surface area contributed by atoms with Gasteiger partial charge in [-0.2, -0.15) is 11.8 Å². The van der Waals surface area contributed by atoms with Crippen LogP contribution in [0, 0.1) is 0 Å². The summed E-state index contributed by atoms with van der Waals surface area (Å²) in [7, 11) is 1.89. The van der Waals surface area contributed by atoms with E-state index in [0.29, 0.717) is 0 Å². The summed E-state index contributed by atoms with van der Waals surface area (Å²) in [5.74, 6) is 2.25. The van der Waals surface area contributed by atoms with Crippen molar-refractivity contribution in [1.82, 2.24) is 15.2 Å². The van der Waals surface area contributed by atoms with E-state index >= 15 is 0 Å². The van der Waals surface area contributed by atoms with Crippen LogP contribution in [0.15, 0.2) is 29.3 Å². The minimum atomic E-state index is 0. The van der Waals surface area contributed by atoms with Crippen molar-refractivity contribution in [3.8, 4) is 0 Å². The summed E-state index contributed by atoms with van der Waals surface area (Å²) < 4.78 is 1.28. The molecule has 1 unspecified atom stereocenters. The highest BCUT2D eigenvalue weighted by Gasteiger charge is 2.21. The Bertz CT molecular complexity index is 656. The fourth-order valence-electron chi connectivity index (χ4n) is 2.96. The zero-order valence-electron chi connectivity index (χ0n) is 14.9. The molecule has 1 fully saturated rings. The quantitative estimate of drug-likeness (QED) is 0.295. The van der Waals surface area contributed by atoms with Crippen LogP contribution in [0.3, 0.4) is 0 Å². The second kappa shape index (κ2) is 10.6. The van der Waals surface area contributed by atoms with E-state index in [-0.39, 0.29) is 24.0 Å². The summed E-state index contributed by atoms with van der Waals surface area (Å²) in [6.07, 6.45) is 3.34. The van der Waals surface area contributed by atoms with Crippen molar-refractivity contribution in [3.63, 3.8) is 0 Å². The third-order valence-electron chi connectivity index (χ3n) is 4.29. The van der Waals surface area contributed by atoms with Crippen LogP contribution in [-0.4, -0.2) is 53.5 Å². The normalized spacial score (nSPS) is 18.2. The monoisotopic (exact) mass is 490 g/mol. The van der Waals surface area contributed by atoms with Gasteiger partial charge in [0, 0.05) is 44.1 Å². The Labute approximate surface area is 175 Å². The average Bonchev–Trinajstić information content (AvgIpc) is 3.04. The summed E-state index contributed by atoms with van der Waals surface area (Å²) in [6.45, 7) is 5.43. The fourth-order valence-corrected chi connectivity index (χ4v) is 5.15. The number of aryl methyl sites for hydroxylation is 1. The second-order valence-electron chi connectivity index (χ2n) is 6.00. The number of nitrogens with one attached hydrogen (secondary N) is 1. The number of hydrogen-bond acceptors (Lipinski definition) is 4. The van der Waals surface area contributed by atoms with Gasteiger partial charge >= 0.3 is 0 Å². The lowest BCUT2D eigenvalue weighted by molar-refractivity contribution is 0.408. The molecule has 3 rings (SSSR count). The number of para-hydroxylation sites is 1. The van der Waals surface area contributed by atoms with Crippen LogP contribution < -0.4 is 5.32 Å². The predicted molar refractivity (Wildman–Crippen MR) is 123 cm³/mol. The van der Waals surface area contributed by atoms with Gasteiger partial charge in [0.1, 0.15) is 0 Å². The second-order valence-corrected chi connectivity index (χ2v) is 8.52. The van der Waals surface area contributed by atoms with E-state index in [4.69, 9.17) is 4.98 Å². The van der Waals surface area contributed by atoms with Gasteiger partial charge in [-0.05, 0) is 25.0 Å². The summed E-state index contributed by atoms with van der Waals surface area (Å²) in [4.78, 5) is 11.6. The molecular weight excluding hydrogens is 463 g/mol. The molecule has 0 spiro atoms. The van der Waals surface area contributed by atoms with E-state index in [1.54, 1.807) is 0 Å². The van der Waals surface area contributed by atoms with Gasteiger partial charge in [0.25, 0.3) is 0 Å². The molecule has 0 bridgehead atoms. The van der Waals surface area contributed by atoms with E-state index in [0.717, 1.165) is 49.2 Å². The van der Waals surface area contributed by atoms with Gasteiger partial charge in [-0.1, -0.05) is 19.1 Å². The van der Waals surface area contributed by atoms with Gasteiger partial charge < -0.3 is 10.2 Å². The Kier molecular flexibility index (Phi) is 8.78. The zero-order chi connectivity index (χ0) is 16.8. The van der Waals surface area contributed by atoms with Crippen molar-refractivity contribution < 1.29 is 0 Å². The van der Waals surface area contributed by atoms with Crippen LogP contribution in [0.25, 0.3) is 10.2 Å². The zero-order valence-corrected chi connectivity index (χ0v) is 18.9. The molecule has 1 atom stereocenters. The van der Waals surface area contributed by atoms with E-state index < -0.39 is 0 Å². The van der Waals surface area contributed by atoms with Crippen LogP contribution >= 0.6 is 47.1 Å². The first-order chi connectivity index (χ1) is 11.8. The molecule has 1 N–H and O–H groups in total. The molecule has 7 heteroatoms. The van der Waals surface area contributed by atoms with E-state index in [9.17, 15) is 0 Å². The predicted octanol–water partition coefficient (Wildman–Crippen LogP) is 4.25. The molecule has 1 aliphatic rings. The van der Waals surface area contributed by atoms with Crippen molar-refractivity contribution in [2.45, 2.75) is 31.4 Å². The summed E-state index contributed by atoms with van der Waals surface area (Å²) in [5, 5.41) is 5.50. The Morgan fingerprint density at radius 2 is 2.24 bits per heavy atom. The van der Waals surface area contributed by atoms with Crippen LogP contribution in [-0.2, 0) is 6.42 Å².